The first-order valence-electron chi connectivity index (χ1n) is 5.68. The lowest BCUT2D eigenvalue weighted by Gasteiger charge is -1.97. The molecule has 0 spiro atoms. The quantitative estimate of drug-likeness (QED) is 0.848. The van der Waals surface area contributed by atoms with Gasteiger partial charge in [0.15, 0.2) is 0 Å². The maximum Gasteiger partial charge on any atom is 0.148 e. The van der Waals surface area contributed by atoms with Gasteiger partial charge in [0.05, 0.1) is 0 Å². The van der Waals surface area contributed by atoms with Crippen molar-refractivity contribution < 1.29 is 8.78 Å². The summed E-state index contributed by atoms with van der Waals surface area (Å²) in [4.78, 5) is 0. The van der Waals surface area contributed by atoms with Gasteiger partial charge in [0, 0.05) is 24.6 Å². The highest BCUT2D eigenvalue weighted by atomic mass is 32.1. The molecule has 2 rings (SSSR count). The van der Waals surface area contributed by atoms with Crippen LogP contribution in [0, 0.1) is 11.6 Å². The van der Waals surface area contributed by atoms with E-state index in [1.54, 1.807) is 0 Å². The average molecular weight is 269 g/mol. The summed E-state index contributed by atoms with van der Waals surface area (Å²) in [6.45, 7) is 3.75. The van der Waals surface area contributed by atoms with E-state index >= 15 is 0 Å². The van der Waals surface area contributed by atoms with Gasteiger partial charge >= 0.3 is 0 Å². The van der Waals surface area contributed by atoms with E-state index in [1.165, 1.54) is 23.5 Å². The summed E-state index contributed by atoms with van der Waals surface area (Å²) < 4.78 is 26.2. The molecule has 1 N–H and O–H groups in total. The van der Waals surface area contributed by atoms with Crippen LogP contribution in [0.15, 0.2) is 18.2 Å². The molecular formula is C12H13F2N3S. The van der Waals surface area contributed by atoms with Crippen molar-refractivity contribution in [3.05, 3.63) is 34.8 Å². The standard InChI is InChI=1S/C12H13F2N3S/c1-2-15-4-3-11-16-17-12(18-11)8-5-9(13)7-10(14)6-8/h5-7,15H,2-4H2,1H3. The van der Waals surface area contributed by atoms with Crippen molar-refractivity contribution in [2.45, 2.75) is 13.3 Å². The highest BCUT2D eigenvalue weighted by Gasteiger charge is 2.09. The zero-order valence-electron chi connectivity index (χ0n) is 9.91. The molecule has 6 heteroatoms. The first-order valence-corrected chi connectivity index (χ1v) is 6.50. The summed E-state index contributed by atoms with van der Waals surface area (Å²) in [5, 5.41) is 12.5. The molecule has 2 aromatic rings. The molecule has 0 aliphatic rings. The normalized spacial score (nSPS) is 10.8. The largest absolute Gasteiger partial charge is 0.317 e. The minimum absolute atomic E-state index is 0.430. The van der Waals surface area contributed by atoms with Crippen LogP contribution in [0.25, 0.3) is 10.6 Å². The van der Waals surface area contributed by atoms with Gasteiger partial charge in [0.25, 0.3) is 0 Å². The Hall–Kier alpha value is -1.40. The minimum Gasteiger partial charge on any atom is -0.317 e. The van der Waals surface area contributed by atoms with Crippen LogP contribution < -0.4 is 5.32 Å². The molecule has 0 amide bonds. The molecule has 0 unspecified atom stereocenters. The summed E-state index contributed by atoms with van der Waals surface area (Å²) in [6.07, 6.45) is 0.767. The van der Waals surface area contributed by atoms with E-state index in [9.17, 15) is 8.78 Å². The Morgan fingerprint density at radius 1 is 1.17 bits per heavy atom. The lowest BCUT2D eigenvalue weighted by atomic mass is 10.2. The molecule has 0 radical (unpaired) electrons. The average Bonchev–Trinajstić information content (AvgIpc) is 2.77. The molecule has 0 saturated carbocycles. The minimum atomic E-state index is -0.602. The van der Waals surface area contributed by atoms with Gasteiger partial charge in [-0.05, 0) is 18.7 Å². The first kappa shape index (κ1) is 13.0. The van der Waals surface area contributed by atoms with Gasteiger partial charge in [-0.3, -0.25) is 0 Å². The van der Waals surface area contributed by atoms with Gasteiger partial charge in [-0.25, -0.2) is 8.78 Å². The van der Waals surface area contributed by atoms with Crippen LogP contribution in [0.2, 0.25) is 0 Å². The Morgan fingerprint density at radius 2 is 1.89 bits per heavy atom. The van der Waals surface area contributed by atoms with Crippen molar-refractivity contribution >= 4 is 11.3 Å². The number of hydrogen-bond donors (Lipinski definition) is 1. The Kier molecular flexibility index (Phi) is 4.33. The van der Waals surface area contributed by atoms with Crippen molar-refractivity contribution in [2.75, 3.05) is 13.1 Å². The number of aromatic nitrogens is 2. The highest BCUT2D eigenvalue weighted by Crippen LogP contribution is 2.25. The second-order valence-electron chi connectivity index (χ2n) is 3.76. The van der Waals surface area contributed by atoms with E-state index in [0.717, 1.165) is 30.6 Å². The number of rotatable bonds is 5. The molecule has 1 aromatic carbocycles. The predicted octanol–water partition coefficient (Wildman–Crippen LogP) is 2.64. The fraction of sp³-hybridized carbons (Fsp3) is 0.333. The Morgan fingerprint density at radius 3 is 2.56 bits per heavy atom. The number of likely N-dealkylation sites (N-methyl/N-ethyl adjacent to an activating group) is 1. The zero-order valence-corrected chi connectivity index (χ0v) is 10.7. The van der Waals surface area contributed by atoms with E-state index in [0.29, 0.717) is 10.6 Å². The molecule has 18 heavy (non-hydrogen) atoms. The van der Waals surface area contributed by atoms with Crippen LogP contribution in [0.4, 0.5) is 8.78 Å². The second-order valence-corrected chi connectivity index (χ2v) is 4.82. The van der Waals surface area contributed by atoms with E-state index in [1.807, 2.05) is 6.92 Å². The molecule has 0 bridgehead atoms. The number of benzene rings is 1. The molecule has 0 aliphatic heterocycles. The molecule has 1 aromatic heterocycles. The van der Waals surface area contributed by atoms with E-state index in [4.69, 9.17) is 0 Å². The second kappa shape index (κ2) is 5.97. The monoisotopic (exact) mass is 269 g/mol. The van der Waals surface area contributed by atoms with Gasteiger partial charge in [0.1, 0.15) is 21.6 Å². The molecule has 0 fully saturated rings. The lowest BCUT2D eigenvalue weighted by Crippen LogP contribution is -2.15. The van der Waals surface area contributed by atoms with Gasteiger partial charge < -0.3 is 5.32 Å². The number of nitrogens with one attached hydrogen (secondary N) is 1. The molecule has 0 atom stereocenters. The maximum absolute atomic E-state index is 13.1. The third-order valence-corrected chi connectivity index (χ3v) is 3.37. The fourth-order valence-corrected chi connectivity index (χ4v) is 2.35. The topological polar surface area (TPSA) is 37.8 Å². The third kappa shape index (κ3) is 3.30. The molecule has 3 nitrogen and oxygen atoms in total. The Labute approximate surface area is 108 Å². The molecule has 1 heterocycles. The van der Waals surface area contributed by atoms with Crippen molar-refractivity contribution in [3.63, 3.8) is 0 Å². The molecule has 96 valence electrons. The summed E-state index contributed by atoms with van der Waals surface area (Å²) in [6, 6.07) is 3.37. The van der Waals surface area contributed by atoms with Gasteiger partial charge in [-0.1, -0.05) is 18.3 Å². The van der Waals surface area contributed by atoms with Crippen LogP contribution >= 0.6 is 11.3 Å². The van der Waals surface area contributed by atoms with E-state index < -0.39 is 11.6 Å². The van der Waals surface area contributed by atoms with Crippen molar-refractivity contribution in [2.24, 2.45) is 0 Å². The van der Waals surface area contributed by atoms with Gasteiger partial charge in [-0.15, -0.1) is 10.2 Å². The summed E-state index contributed by atoms with van der Waals surface area (Å²) in [5.41, 5.74) is 0.430. The first-order chi connectivity index (χ1) is 8.69. The smallest absolute Gasteiger partial charge is 0.148 e. The SMILES string of the molecule is CCNCCc1nnc(-c2cc(F)cc(F)c2)s1. The van der Waals surface area contributed by atoms with E-state index in [-0.39, 0.29) is 0 Å². The van der Waals surface area contributed by atoms with Crippen LogP contribution in [0.5, 0.6) is 0 Å². The summed E-state index contributed by atoms with van der Waals surface area (Å²) >= 11 is 1.36. The van der Waals surface area contributed by atoms with Crippen LogP contribution in [-0.2, 0) is 6.42 Å². The summed E-state index contributed by atoms with van der Waals surface area (Å²) in [7, 11) is 0. The van der Waals surface area contributed by atoms with Gasteiger partial charge in [-0.2, -0.15) is 0 Å². The van der Waals surface area contributed by atoms with Gasteiger partial charge in [0.2, 0.25) is 0 Å². The van der Waals surface area contributed by atoms with Crippen LogP contribution in [0.3, 0.4) is 0 Å². The summed E-state index contributed by atoms with van der Waals surface area (Å²) in [5.74, 6) is -1.20. The molecular weight excluding hydrogens is 256 g/mol. The zero-order chi connectivity index (χ0) is 13.0. The van der Waals surface area contributed by atoms with E-state index in [2.05, 4.69) is 15.5 Å². The third-order valence-electron chi connectivity index (χ3n) is 2.34. The Bertz CT molecular complexity index is 508. The molecule has 0 aliphatic carbocycles. The van der Waals surface area contributed by atoms with Crippen LogP contribution in [0.1, 0.15) is 11.9 Å². The fourth-order valence-electron chi connectivity index (χ4n) is 1.52. The van der Waals surface area contributed by atoms with Crippen LogP contribution in [-0.4, -0.2) is 23.3 Å². The number of hydrogen-bond acceptors (Lipinski definition) is 4. The maximum atomic E-state index is 13.1. The molecule has 0 saturated heterocycles. The van der Waals surface area contributed by atoms with Crippen molar-refractivity contribution in [1.29, 1.82) is 0 Å². The predicted molar refractivity (Wildman–Crippen MR) is 67.5 cm³/mol. The van der Waals surface area contributed by atoms with Crippen molar-refractivity contribution in [1.82, 2.24) is 15.5 Å². The number of nitrogens with zero attached hydrogens (tertiary/aromatic N) is 2. The number of halogens is 2. The highest BCUT2D eigenvalue weighted by molar-refractivity contribution is 7.14. The Balaban J connectivity index is 2.13. The lowest BCUT2D eigenvalue weighted by molar-refractivity contribution is 0.584. The van der Waals surface area contributed by atoms with Crippen molar-refractivity contribution in [3.8, 4) is 10.6 Å².